The summed E-state index contributed by atoms with van der Waals surface area (Å²) >= 11 is 0. The average Bonchev–Trinajstić information content (AvgIpc) is 2.35. The minimum absolute atomic E-state index is 0.427. The first-order valence-corrected chi connectivity index (χ1v) is 6.46. The van der Waals surface area contributed by atoms with E-state index >= 15 is 0 Å². The molecule has 0 saturated heterocycles. The number of aromatic nitrogens is 2. The van der Waals surface area contributed by atoms with Crippen LogP contribution in [-0.2, 0) is 6.42 Å². The zero-order valence-electron chi connectivity index (χ0n) is 11.6. The van der Waals surface area contributed by atoms with Gasteiger partial charge >= 0.3 is 0 Å². The molecule has 0 radical (unpaired) electrons. The second-order valence-electron chi connectivity index (χ2n) is 5.30. The molecule has 0 aromatic carbocycles. The van der Waals surface area contributed by atoms with Crippen molar-refractivity contribution in [2.45, 2.75) is 26.2 Å². The molecule has 0 atom stereocenters. The van der Waals surface area contributed by atoms with E-state index in [1.54, 1.807) is 0 Å². The third-order valence-corrected chi connectivity index (χ3v) is 3.08. The lowest BCUT2D eigenvalue weighted by Crippen LogP contribution is -2.16. The van der Waals surface area contributed by atoms with Crippen molar-refractivity contribution in [1.29, 1.82) is 0 Å². The molecule has 3 nitrogen and oxygen atoms in total. The van der Waals surface area contributed by atoms with E-state index in [4.69, 9.17) is 4.98 Å². The zero-order chi connectivity index (χ0) is 13.1. The first-order chi connectivity index (χ1) is 8.58. The van der Waals surface area contributed by atoms with Gasteiger partial charge in [-0.1, -0.05) is 13.8 Å². The molecular weight excluding hydrogens is 222 g/mol. The Kier molecular flexibility index (Phi) is 3.92. The molecule has 2 rings (SSSR count). The lowest BCUT2D eigenvalue weighted by atomic mass is 10.0. The number of likely N-dealkylation sites (N-methyl/N-ethyl adjacent to an activating group) is 1. The fourth-order valence-electron chi connectivity index (χ4n) is 2.08. The second-order valence-corrected chi connectivity index (χ2v) is 5.30. The van der Waals surface area contributed by atoms with Crippen molar-refractivity contribution < 1.29 is 0 Å². The van der Waals surface area contributed by atoms with Gasteiger partial charge in [-0.05, 0) is 37.5 Å². The van der Waals surface area contributed by atoms with Gasteiger partial charge in [-0.3, -0.25) is 9.97 Å². The molecule has 0 spiro atoms. The van der Waals surface area contributed by atoms with Crippen molar-refractivity contribution >= 4 is 10.8 Å². The molecule has 96 valence electrons. The van der Waals surface area contributed by atoms with Crippen LogP contribution in [0.4, 0.5) is 0 Å². The number of rotatable bonds is 4. The summed E-state index contributed by atoms with van der Waals surface area (Å²) in [5, 5.41) is 2.43. The Morgan fingerprint density at radius 3 is 2.72 bits per heavy atom. The monoisotopic (exact) mass is 243 g/mol. The van der Waals surface area contributed by atoms with Crippen molar-refractivity contribution in [1.82, 2.24) is 14.9 Å². The lowest BCUT2D eigenvalue weighted by molar-refractivity contribution is 0.411. The van der Waals surface area contributed by atoms with Crippen LogP contribution in [0.1, 0.15) is 31.2 Å². The van der Waals surface area contributed by atoms with Crippen LogP contribution >= 0.6 is 0 Å². The van der Waals surface area contributed by atoms with Crippen molar-refractivity contribution in [3.8, 4) is 0 Å². The van der Waals surface area contributed by atoms with Gasteiger partial charge in [0.1, 0.15) is 0 Å². The molecule has 2 aromatic heterocycles. The van der Waals surface area contributed by atoms with Crippen molar-refractivity contribution in [2.24, 2.45) is 0 Å². The van der Waals surface area contributed by atoms with Crippen LogP contribution in [-0.4, -0.2) is 35.5 Å². The second kappa shape index (κ2) is 5.44. The fraction of sp³-hybridized carbons (Fsp3) is 0.467. The summed E-state index contributed by atoms with van der Waals surface area (Å²) in [6, 6.07) is 4.26. The van der Waals surface area contributed by atoms with Crippen LogP contribution in [0.5, 0.6) is 0 Å². The Hall–Kier alpha value is -1.48. The van der Waals surface area contributed by atoms with Crippen LogP contribution < -0.4 is 0 Å². The highest BCUT2D eigenvalue weighted by atomic mass is 15.0. The molecule has 0 aliphatic heterocycles. The van der Waals surface area contributed by atoms with Crippen LogP contribution in [0.3, 0.4) is 0 Å². The first-order valence-electron chi connectivity index (χ1n) is 6.46. The number of hydrogen-bond donors (Lipinski definition) is 0. The van der Waals surface area contributed by atoms with Gasteiger partial charge < -0.3 is 4.90 Å². The van der Waals surface area contributed by atoms with E-state index in [1.165, 1.54) is 16.5 Å². The Balaban J connectivity index is 2.44. The van der Waals surface area contributed by atoms with E-state index in [-0.39, 0.29) is 0 Å². The average molecular weight is 243 g/mol. The Morgan fingerprint density at radius 1 is 1.28 bits per heavy atom. The molecule has 18 heavy (non-hydrogen) atoms. The number of hydrogen-bond acceptors (Lipinski definition) is 3. The van der Waals surface area contributed by atoms with Gasteiger partial charge in [0.05, 0.1) is 5.69 Å². The number of pyridine rings is 2. The van der Waals surface area contributed by atoms with Crippen LogP contribution in [0, 0.1) is 0 Å². The Morgan fingerprint density at radius 2 is 2.06 bits per heavy atom. The molecule has 0 bridgehead atoms. The highest BCUT2D eigenvalue weighted by Gasteiger charge is 2.09. The van der Waals surface area contributed by atoms with Gasteiger partial charge in [-0.15, -0.1) is 0 Å². The van der Waals surface area contributed by atoms with Crippen molar-refractivity contribution in [3.63, 3.8) is 0 Å². The maximum Gasteiger partial charge on any atom is 0.0526 e. The minimum atomic E-state index is 0.427. The van der Waals surface area contributed by atoms with E-state index < -0.39 is 0 Å². The third-order valence-electron chi connectivity index (χ3n) is 3.08. The fourth-order valence-corrected chi connectivity index (χ4v) is 2.08. The van der Waals surface area contributed by atoms with E-state index in [1.807, 2.05) is 12.4 Å². The predicted octanol–water partition coefficient (Wildman–Crippen LogP) is 2.86. The molecule has 0 unspecified atom stereocenters. The Labute approximate surface area is 109 Å². The molecule has 0 aliphatic carbocycles. The van der Waals surface area contributed by atoms with Crippen LogP contribution in [0.2, 0.25) is 0 Å². The number of nitrogens with zero attached hydrogens (tertiary/aromatic N) is 3. The van der Waals surface area contributed by atoms with Crippen LogP contribution in [0.15, 0.2) is 24.5 Å². The van der Waals surface area contributed by atoms with Crippen LogP contribution in [0.25, 0.3) is 10.8 Å². The summed E-state index contributed by atoms with van der Waals surface area (Å²) in [5.74, 6) is 0.427. The molecule has 0 saturated carbocycles. The highest BCUT2D eigenvalue weighted by Crippen LogP contribution is 2.23. The van der Waals surface area contributed by atoms with Gasteiger partial charge in [-0.2, -0.15) is 0 Å². The van der Waals surface area contributed by atoms with Gasteiger partial charge in [-0.25, -0.2) is 0 Å². The van der Waals surface area contributed by atoms with E-state index in [0.717, 1.165) is 18.7 Å². The van der Waals surface area contributed by atoms with Crippen molar-refractivity contribution in [2.75, 3.05) is 20.6 Å². The normalized spacial score (nSPS) is 11.7. The summed E-state index contributed by atoms with van der Waals surface area (Å²) in [6.45, 7) is 5.40. The maximum absolute atomic E-state index is 4.81. The maximum atomic E-state index is 4.81. The largest absolute Gasteiger partial charge is 0.309 e. The summed E-state index contributed by atoms with van der Waals surface area (Å²) in [7, 11) is 4.18. The zero-order valence-corrected chi connectivity index (χ0v) is 11.6. The lowest BCUT2D eigenvalue weighted by Gasteiger charge is -2.13. The molecular formula is C15H21N3. The molecule has 0 N–H and O–H groups in total. The van der Waals surface area contributed by atoms with Gasteiger partial charge in [0.15, 0.2) is 0 Å². The van der Waals surface area contributed by atoms with Gasteiger partial charge in [0.2, 0.25) is 0 Å². The molecule has 0 aliphatic rings. The standard InChI is InChI=1S/C15H21N3/c1-11(2)15-14-10-16-7-5-12(14)9-13(17-15)6-8-18(3)4/h5,7,9-11H,6,8H2,1-4H3. The van der Waals surface area contributed by atoms with Gasteiger partial charge in [0.25, 0.3) is 0 Å². The summed E-state index contributed by atoms with van der Waals surface area (Å²) < 4.78 is 0. The molecule has 2 heterocycles. The highest BCUT2D eigenvalue weighted by molar-refractivity contribution is 5.84. The molecule has 2 aromatic rings. The van der Waals surface area contributed by atoms with E-state index in [2.05, 4.69) is 50.0 Å². The van der Waals surface area contributed by atoms with Gasteiger partial charge in [0, 0.05) is 36.4 Å². The van der Waals surface area contributed by atoms with Crippen molar-refractivity contribution in [3.05, 3.63) is 35.9 Å². The molecule has 3 heteroatoms. The Bertz CT molecular complexity index is 532. The molecule has 0 fully saturated rings. The molecule has 0 amide bonds. The quantitative estimate of drug-likeness (QED) is 0.827. The summed E-state index contributed by atoms with van der Waals surface area (Å²) in [4.78, 5) is 11.2. The van der Waals surface area contributed by atoms with E-state index in [0.29, 0.717) is 5.92 Å². The third kappa shape index (κ3) is 2.85. The summed E-state index contributed by atoms with van der Waals surface area (Å²) in [5.41, 5.74) is 2.33. The SMILES string of the molecule is CC(C)c1nc(CCN(C)C)cc2ccncc12. The predicted molar refractivity (Wildman–Crippen MR) is 75.9 cm³/mol. The number of fused-ring (bicyclic) bond motifs is 1. The van der Waals surface area contributed by atoms with E-state index in [9.17, 15) is 0 Å². The topological polar surface area (TPSA) is 29.0 Å². The smallest absolute Gasteiger partial charge is 0.0526 e. The summed E-state index contributed by atoms with van der Waals surface area (Å²) in [6.07, 6.45) is 4.76. The minimum Gasteiger partial charge on any atom is -0.309 e. The first kappa shape index (κ1) is 13.0.